The Bertz CT molecular complexity index is 1060. The summed E-state index contributed by atoms with van der Waals surface area (Å²) >= 11 is 15.7. The molecule has 4 rings (SSSR count). The van der Waals surface area contributed by atoms with Crippen LogP contribution in [0, 0.1) is 0 Å². The van der Waals surface area contributed by atoms with Crippen molar-refractivity contribution < 1.29 is 9.53 Å². The maximum Gasteiger partial charge on any atom is 0.263 e. The normalized spacial score (nSPS) is 13.2. The number of nitrogens with zero attached hydrogens (tertiary/aromatic N) is 2. The molecule has 0 fully saturated rings. The Balaban J connectivity index is 1.69. The summed E-state index contributed by atoms with van der Waals surface area (Å²) in [4.78, 5) is 19.4. The molecule has 2 heterocycles. The van der Waals surface area contributed by atoms with Crippen LogP contribution in [0.2, 0.25) is 10.0 Å². The van der Waals surface area contributed by atoms with Crippen molar-refractivity contribution in [2.45, 2.75) is 12.8 Å². The largest absolute Gasteiger partial charge is 0.437 e. The van der Waals surface area contributed by atoms with E-state index in [1.807, 2.05) is 18.2 Å². The van der Waals surface area contributed by atoms with Crippen LogP contribution in [0.1, 0.15) is 22.3 Å². The van der Waals surface area contributed by atoms with Gasteiger partial charge in [0.05, 0.1) is 10.0 Å². The number of benzene rings is 2. The van der Waals surface area contributed by atoms with Crippen LogP contribution in [0.5, 0.6) is 11.6 Å². The molecular formula is C21H15BrCl2N2O2. The first kappa shape index (κ1) is 19.2. The lowest BCUT2D eigenvalue weighted by atomic mass is 10.0. The molecule has 2 aromatic carbocycles. The summed E-state index contributed by atoms with van der Waals surface area (Å²) < 4.78 is 6.54. The SMILES string of the molecule is O=C(c1cccnc1Oc1cc(Cl)c(Br)cc1Cl)N1CCCc2ccccc21. The third-order valence-corrected chi connectivity index (χ3v) is 6.03. The number of carbonyl (C=O) groups is 1. The molecule has 1 aliphatic heterocycles. The van der Waals surface area contributed by atoms with Gasteiger partial charge < -0.3 is 9.64 Å². The maximum atomic E-state index is 13.3. The summed E-state index contributed by atoms with van der Waals surface area (Å²) in [5.41, 5.74) is 2.46. The van der Waals surface area contributed by atoms with Gasteiger partial charge >= 0.3 is 0 Å². The van der Waals surface area contributed by atoms with Gasteiger partial charge in [0.25, 0.3) is 5.91 Å². The second-order valence-corrected chi connectivity index (χ2v) is 8.01. The predicted octanol–water partition coefficient (Wildman–Crippen LogP) is 6.54. The number of hydrogen-bond donors (Lipinski definition) is 0. The van der Waals surface area contributed by atoms with Gasteiger partial charge in [-0.25, -0.2) is 4.98 Å². The number of anilines is 1. The number of halogens is 3. The molecule has 0 atom stereocenters. The number of para-hydroxylation sites is 1. The minimum Gasteiger partial charge on any atom is -0.437 e. The summed E-state index contributed by atoms with van der Waals surface area (Å²) in [7, 11) is 0. The zero-order valence-electron chi connectivity index (χ0n) is 14.7. The lowest BCUT2D eigenvalue weighted by Crippen LogP contribution is -2.35. The van der Waals surface area contributed by atoms with Crippen molar-refractivity contribution in [2.75, 3.05) is 11.4 Å². The number of fused-ring (bicyclic) bond motifs is 1. The van der Waals surface area contributed by atoms with Crippen molar-refractivity contribution in [1.29, 1.82) is 0 Å². The Morgan fingerprint density at radius 2 is 1.93 bits per heavy atom. The first-order valence-corrected chi connectivity index (χ1v) is 10.3. The first-order valence-electron chi connectivity index (χ1n) is 8.72. The summed E-state index contributed by atoms with van der Waals surface area (Å²) in [5, 5.41) is 0.816. The minimum absolute atomic E-state index is 0.158. The van der Waals surface area contributed by atoms with Gasteiger partial charge in [0.2, 0.25) is 5.88 Å². The van der Waals surface area contributed by atoms with Gasteiger partial charge in [-0.05, 0) is 58.6 Å². The van der Waals surface area contributed by atoms with Crippen LogP contribution in [0.3, 0.4) is 0 Å². The number of aryl methyl sites for hydroxylation is 1. The molecule has 0 saturated heterocycles. The highest BCUT2D eigenvalue weighted by molar-refractivity contribution is 9.10. The number of amides is 1. The molecular weight excluding hydrogens is 463 g/mol. The average molecular weight is 478 g/mol. The fourth-order valence-corrected chi connectivity index (χ4v) is 4.04. The molecule has 0 saturated carbocycles. The van der Waals surface area contributed by atoms with Crippen molar-refractivity contribution in [1.82, 2.24) is 4.98 Å². The second kappa shape index (κ2) is 8.11. The van der Waals surface area contributed by atoms with E-state index < -0.39 is 0 Å². The smallest absolute Gasteiger partial charge is 0.263 e. The lowest BCUT2D eigenvalue weighted by Gasteiger charge is -2.29. The zero-order valence-corrected chi connectivity index (χ0v) is 17.8. The summed E-state index contributed by atoms with van der Waals surface area (Å²) in [6.07, 6.45) is 3.45. The Hall–Kier alpha value is -2.08. The number of ether oxygens (including phenoxy) is 1. The van der Waals surface area contributed by atoms with E-state index in [0.29, 0.717) is 32.4 Å². The Kier molecular flexibility index (Phi) is 5.58. The second-order valence-electron chi connectivity index (χ2n) is 6.34. The predicted molar refractivity (Wildman–Crippen MR) is 115 cm³/mol. The van der Waals surface area contributed by atoms with Gasteiger partial charge in [-0.2, -0.15) is 0 Å². The lowest BCUT2D eigenvalue weighted by molar-refractivity contribution is 0.0982. The van der Waals surface area contributed by atoms with Crippen LogP contribution >= 0.6 is 39.1 Å². The molecule has 3 aromatic rings. The highest BCUT2D eigenvalue weighted by atomic mass is 79.9. The molecule has 1 aromatic heterocycles. The van der Waals surface area contributed by atoms with Crippen LogP contribution in [-0.2, 0) is 6.42 Å². The van der Waals surface area contributed by atoms with Crippen molar-refractivity contribution in [2.24, 2.45) is 0 Å². The van der Waals surface area contributed by atoms with E-state index in [9.17, 15) is 4.79 Å². The van der Waals surface area contributed by atoms with E-state index in [4.69, 9.17) is 27.9 Å². The van der Waals surface area contributed by atoms with Crippen LogP contribution in [0.25, 0.3) is 0 Å². The number of rotatable bonds is 3. The quantitative estimate of drug-likeness (QED) is 0.402. The van der Waals surface area contributed by atoms with Crippen LogP contribution < -0.4 is 9.64 Å². The van der Waals surface area contributed by atoms with E-state index in [-0.39, 0.29) is 11.8 Å². The molecule has 0 N–H and O–H groups in total. The summed E-state index contributed by atoms with van der Waals surface area (Å²) in [5.74, 6) is 0.368. The van der Waals surface area contributed by atoms with Gasteiger partial charge in [-0.1, -0.05) is 41.4 Å². The van der Waals surface area contributed by atoms with E-state index in [1.54, 1.807) is 35.4 Å². The van der Waals surface area contributed by atoms with Crippen molar-refractivity contribution in [3.8, 4) is 11.6 Å². The third-order valence-electron chi connectivity index (χ3n) is 4.54. The summed E-state index contributed by atoms with van der Waals surface area (Å²) in [6.45, 7) is 0.648. The number of hydrogen-bond acceptors (Lipinski definition) is 3. The molecule has 142 valence electrons. The monoisotopic (exact) mass is 476 g/mol. The van der Waals surface area contributed by atoms with Gasteiger partial charge in [0.15, 0.2) is 0 Å². The Morgan fingerprint density at radius 1 is 1.11 bits per heavy atom. The highest BCUT2D eigenvalue weighted by Gasteiger charge is 2.26. The molecule has 1 aliphatic rings. The molecule has 0 aliphatic carbocycles. The fourth-order valence-electron chi connectivity index (χ4n) is 3.21. The molecule has 0 radical (unpaired) electrons. The molecule has 4 nitrogen and oxygen atoms in total. The first-order chi connectivity index (χ1) is 13.5. The standard InChI is InChI=1S/C21H15BrCl2N2O2/c22-15-11-17(24)19(12-16(15)23)28-20-14(7-3-9-25-20)21(27)26-10-4-6-13-5-1-2-8-18(13)26/h1-3,5,7-9,11-12H,4,6,10H2. The van der Waals surface area contributed by atoms with Gasteiger partial charge in [0.1, 0.15) is 11.3 Å². The van der Waals surface area contributed by atoms with Crippen LogP contribution in [0.15, 0.2) is 59.2 Å². The van der Waals surface area contributed by atoms with E-state index in [2.05, 4.69) is 27.0 Å². The van der Waals surface area contributed by atoms with Gasteiger partial charge in [0, 0.05) is 29.0 Å². The topological polar surface area (TPSA) is 42.4 Å². The third kappa shape index (κ3) is 3.75. The maximum absolute atomic E-state index is 13.3. The van der Waals surface area contributed by atoms with E-state index in [0.717, 1.165) is 24.1 Å². The molecule has 28 heavy (non-hydrogen) atoms. The molecule has 1 amide bonds. The van der Waals surface area contributed by atoms with Crippen molar-refractivity contribution in [3.63, 3.8) is 0 Å². The zero-order chi connectivity index (χ0) is 19.7. The van der Waals surface area contributed by atoms with E-state index >= 15 is 0 Å². The Labute approximate surface area is 181 Å². The Morgan fingerprint density at radius 3 is 2.79 bits per heavy atom. The molecule has 7 heteroatoms. The summed E-state index contributed by atoms with van der Waals surface area (Å²) in [6, 6.07) is 14.6. The fraction of sp³-hybridized carbons (Fsp3) is 0.143. The highest BCUT2D eigenvalue weighted by Crippen LogP contribution is 2.37. The number of carbonyl (C=O) groups excluding carboxylic acids is 1. The minimum atomic E-state index is -0.158. The van der Waals surface area contributed by atoms with Crippen molar-refractivity contribution in [3.05, 3.63) is 80.4 Å². The molecule has 0 bridgehead atoms. The van der Waals surface area contributed by atoms with Crippen LogP contribution in [0.4, 0.5) is 5.69 Å². The molecule has 0 spiro atoms. The van der Waals surface area contributed by atoms with Crippen molar-refractivity contribution >= 4 is 50.7 Å². The van der Waals surface area contributed by atoms with Crippen LogP contribution in [-0.4, -0.2) is 17.4 Å². The molecule has 0 unspecified atom stereocenters. The number of aromatic nitrogens is 1. The number of pyridine rings is 1. The van der Waals surface area contributed by atoms with Gasteiger partial charge in [-0.15, -0.1) is 0 Å². The van der Waals surface area contributed by atoms with E-state index in [1.165, 1.54) is 0 Å². The average Bonchev–Trinajstić information content (AvgIpc) is 2.71. The van der Waals surface area contributed by atoms with Gasteiger partial charge in [-0.3, -0.25) is 4.79 Å².